The second-order valence-corrected chi connectivity index (χ2v) is 10.4. The van der Waals surface area contributed by atoms with Crippen LogP contribution in [-0.4, -0.2) is 21.6 Å². The summed E-state index contributed by atoms with van der Waals surface area (Å²) in [5, 5.41) is 13.9. The summed E-state index contributed by atoms with van der Waals surface area (Å²) in [5.41, 5.74) is 1.58. The molecule has 184 valence electrons. The topological polar surface area (TPSA) is 96.9 Å². The first kappa shape index (κ1) is 24.9. The lowest BCUT2D eigenvalue weighted by Crippen LogP contribution is -2.42. The number of rotatable bonds is 9. The van der Waals surface area contributed by atoms with E-state index in [0.29, 0.717) is 28.9 Å². The Morgan fingerprint density at radius 3 is 2.51 bits per heavy atom. The van der Waals surface area contributed by atoms with Gasteiger partial charge in [0.2, 0.25) is 5.91 Å². The molecule has 1 fully saturated rings. The molecular weight excluding hydrogens is 460 g/mol. The van der Waals surface area contributed by atoms with Gasteiger partial charge in [0.15, 0.2) is 0 Å². The Bertz CT molecular complexity index is 1320. The minimum Gasteiger partial charge on any atom is -0.356 e. The quantitative estimate of drug-likeness (QED) is 0.452. The highest BCUT2D eigenvalue weighted by atomic mass is 32.1. The summed E-state index contributed by atoms with van der Waals surface area (Å²) in [7, 11) is 0. The van der Waals surface area contributed by atoms with Crippen LogP contribution in [0.25, 0.3) is 10.2 Å². The van der Waals surface area contributed by atoms with E-state index in [-0.39, 0.29) is 29.0 Å². The van der Waals surface area contributed by atoms with Crippen molar-refractivity contribution in [1.82, 2.24) is 14.5 Å². The Hall–Kier alpha value is -3.18. The first-order valence-electron chi connectivity index (χ1n) is 12.5. The van der Waals surface area contributed by atoms with E-state index >= 15 is 0 Å². The van der Waals surface area contributed by atoms with Crippen LogP contribution >= 0.6 is 11.3 Å². The number of unbranched alkanes of at least 4 members (excludes halogenated alkanes) is 2. The highest BCUT2D eigenvalue weighted by molar-refractivity contribution is 7.17. The van der Waals surface area contributed by atoms with E-state index in [1.54, 1.807) is 16.7 Å². The average Bonchev–Trinajstić information content (AvgIpc) is 3.38. The zero-order valence-corrected chi connectivity index (χ0v) is 21.0. The van der Waals surface area contributed by atoms with Crippen LogP contribution in [0.1, 0.15) is 63.0 Å². The molecule has 2 aromatic heterocycles. The molecule has 1 aromatic carbocycles. The molecule has 4 rings (SSSR count). The lowest BCUT2D eigenvalue weighted by molar-refractivity contribution is -0.126. The van der Waals surface area contributed by atoms with Crippen molar-refractivity contribution in [2.45, 2.75) is 65.0 Å². The Morgan fingerprint density at radius 1 is 1.09 bits per heavy atom. The van der Waals surface area contributed by atoms with Gasteiger partial charge in [-0.25, -0.2) is 4.79 Å². The Kier molecular flexibility index (Phi) is 8.19. The first-order valence-corrected chi connectivity index (χ1v) is 13.4. The number of nitriles is 1. The smallest absolute Gasteiger partial charge is 0.331 e. The Morgan fingerprint density at radius 2 is 1.83 bits per heavy atom. The van der Waals surface area contributed by atoms with E-state index in [9.17, 15) is 14.4 Å². The zero-order valence-electron chi connectivity index (χ0n) is 20.2. The number of hydrogen-bond donors (Lipinski definition) is 1. The fourth-order valence-corrected chi connectivity index (χ4v) is 5.75. The first-order chi connectivity index (χ1) is 17.0. The van der Waals surface area contributed by atoms with Crippen molar-refractivity contribution in [3.8, 4) is 6.07 Å². The van der Waals surface area contributed by atoms with Crippen molar-refractivity contribution < 1.29 is 4.79 Å². The molecule has 0 bridgehead atoms. The molecule has 3 aromatic rings. The zero-order chi connectivity index (χ0) is 24.8. The maximum atomic E-state index is 13.5. The van der Waals surface area contributed by atoms with Crippen LogP contribution in [-0.2, 0) is 17.9 Å². The van der Waals surface area contributed by atoms with Crippen molar-refractivity contribution in [2.24, 2.45) is 11.8 Å². The maximum absolute atomic E-state index is 13.5. The molecule has 0 aliphatic heterocycles. The van der Waals surface area contributed by atoms with Crippen LogP contribution < -0.4 is 16.6 Å². The number of nitrogens with zero attached hydrogens (tertiary/aromatic N) is 3. The third-order valence-corrected chi connectivity index (χ3v) is 7.89. The molecule has 1 N–H and O–H groups in total. The van der Waals surface area contributed by atoms with Crippen molar-refractivity contribution >= 4 is 27.5 Å². The van der Waals surface area contributed by atoms with Gasteiger partial charge in [-0.1, -0.05) is 31.9 Å². The van der Waals surface area contributed by atoms with Crippen molar-refractivity contribution in [3.63, 3.8) is 0 Å². The molecule has 0 atom stereocenters. The number of carbonyl (C=O) groups is 1. The van der Waals surface area contributed by atoms with Gasteiger partial charge < -0.3 is 5.32 Å². The number of carbonyl (C=O) groups excluding carboxylic acids is 1. The van der Waals surface area contributed by atoms with E-state index in [0.717, 1.165) is 57.1 Å². The molecule has 7 nitrogen and oxygen atoms in total. The average molecular weight is 493 g/mol. The van der Waals surface area contributed by atoms with E-state index in [1.807, 2.05) is 23.6 Å². The second kappa shape index (κ2) is 11.5. The van der Waals surface area contributed by atoms with Crippen LogP contribution in [0.3, 0.4) is 0 Å². The summed E-state index contributed by atoms with van der Waals surface area (Å²) in [6.07, 6.45) is 6.51. The molecule has 2 heterocycles. The number of thiophene rings is 1. The number of benzene rings is 1. The van der Waals surface area contributed by atoms with Gasteiger partial charge in [-0.2, -0.15) is 5.26 Å². The van der Waals surface area contributed by atoms with Crippen LogP contribution in [0.4, 0.5) is 0 Å². The van der Waals surface area contributed by atoms with Crippen LogP contribution in [0.5, 0.6) is 0 Å². The molecule has 0 spiro atoms. The molecule has 1 saturated carbocycles. The van der Waals surface area contributed by atoms with Gasteiger partial charge in [0, 0.05) is 19.0 Å². The molecule has 8 heteroatoms. The van der Waals surface area contributed by atoms with Crippen LogP contribution in [0, 0.1) is 23.2 Å². The minimum absolute atomic E-state index is 0.0254. The van der Waals surface area contributed by atoms with Crippen molar-refractivity contribution in [2.75, 3.05) is 6.54 Å². The monoisotopic (exact) mass is 492 g/mol. The molecule has 0 saturated heterocycles. The lowest BCUT2D eigenvalue weighted by Gasteiger charge is -2.28. The number of hydrogen-bond acceptors (Lipinski definition) is 5. The molecule has 35 heavy (non-hydrogen) atoms. The predicted molar refractivity (Wildman–Crippen MR) is 139 cm³/mol. The molecule has 0 unspecified atom stereocenters. The fraction of sp³-hybridized carbons (Fsp3) is 0.481. The molecule has 0 radical (unpaired) electrons. The lowest BCUT2D eigenvalue weighted by atomic mass is 9.81. The number of nitrogens with one attached hydrogen (secondary N) is 1. The summed E-state index contributed by atoms with van der Waals surface area (Å²) in [4.78, 5) is 39.1. The minimum atomic E-state index is -0.305. The summed E-state index contributed by atoms with van der Waals surface area (Å²) >= 11 is 1.36. The molecular formula is C27H32N4O3S. The van der Waals surface area contributed by atoms with E-state index < -0.39 is 0 Å². The van der Waals surface area contributed by atoms with Crippen LogP contribution in [0.2, 0.25) is 0 Å². The van der Waals surface area contributed by atoms with Gasteiger partial charge in [0.25, 0.3) is 5.56 Å². The van der Waals surface area contributed by atoms with E-state index in [4.69, 9.17) is 5.26 Å². The van der Waals surface area contributed by atoms with Crippen molar-refractivity contribution in [1.29, 1.82) is 5.26 Å². The summed E-state index contributed by atoms with van der Waals surface area (Å²) in [6, 6.07) is 11.1. The summed E-state index contributed by atoms with van der Waals surface area (Å²) < 4.78 is 3.63. The predicted octanol–water partition coefficient (Wildman–Crippen LogP) is 4.26. The molecule has 1 aliphatic rings. The summed E-state index contributed by atoms with van der Waals surface area (Å²) in [5.74, 6) is 0.365. The normalized spacial score (nSPS) is 17.8. The highest BCUT2D eigenvalue weighted by Gasteiger charge is 2.27. The van der Waals surface area contributed by atoms with Gasteiger partial charge >= 0.3 is 5.69 Å². The fourth-order valence-electron chi connectivity index (χ4n) is 4.91. The van der Waals surface area contributed by atoms with Gasteiger partial charge in [-0.15, -0.1) is 11.3 Å². The Labute approximate surface area is 209 Å². The third-order valence-electron chi connectivity index (χ3n) is 7.00. The van der Waals surface area contributed by atoms with Gasteiger partial charge in [0.05, 0.1) is 23.7 Å². The van der Waals surface area contributed by atoms with Gasteiger partial charge in [0.1, 0.15) is 4.70 Å². The van der Waals surface area contributed by atoms with Crippen molar-refractivity contribution in [3.05, 3.63) is 67.7 Å². The third kappa shape index (κ3) is 5.73. The number of fused-ring (bicyclic) bond motifs is 1. The van der Waals surface area contributed by atoms with E-state index in [2.05, 4.69) is 18.3 Å². The number of amides is 1. The van der Waals surface area contributed by atoms with Crippen LogP contribution in [0.15, 0.2) is 45.3 Å². The van der Waals surface area contributed by atoms with E-state index in [1.165, 1.54) is 15.9 Å². The SMILES string of the molecule is CCCCCNC(=O)C1CCC(Cn2c(=O)c3sccc3n(Cc3ccc(C#N)cc3)c2=O)CC1. The summed E-state index contributed by atoms with van der Waals surface area (Å²) in [6.45, 7) is 3.60. The second-order valence-electron chi connectivity index (χ2n) is 9.44. The largest absolute Gasteiger partial charge is 0.356 e. The number of aromatic nitrogens is 2. The van der Waals surface area contributed by atoms with Gasteiger partial charge in [-0.05, 0) is 67.2 Å². The molecule has 1 aliphatic carbocycles. The molecule has 1 amide bonds. The van der Waals surface area contributed by atoms with Gasteiger partial charge in [-0.3, -0.25) is 18.7 Å². The maximum Gasteiger partial charge on any atom is 0.331 e. The highest BCUT2D eigenvalue weighted by Crippen LogP contribution is 2.30. The standard InChI is InChI=1S/C27H32N4O3S/c1-2-3-4-14-29-25(32)22-11-9-21(10-12-22)18-31-26(33)24-23(13-15-35-24)30(27(31)34)17-20-7-5-19(16-28)6-8-20/h5-8,13,15,21-22H,2-4,9-12,14,17-18H2,1H3,(H,29,32). The Balaban J connectivity index is 1.48.